The molecule has 1 N–H and O–H groups in total. The van der Waals surface area contributed by atoms with Crippen molar-refractivity contribution < 1.29 is 17.9 Å². The van der Waals surface area contributed by atoms with Crippen LogP contribution in [0.4, 0.5) is 0 Å². The van der Waals surface area contributed by atoms with Crippen LogP contribution in [-0.4, -0.2) is 57.6 Å². The van der Waals surface area contributed by atoms with Crippen molar-refractivity contribution in [3.8, 4) is 0 Å². The predicted octanol–water partition coefficient (Wildman–Crippen LogP) is 0.983. The highest BCUT2D eigenvalue weighted by Crippen LogP contribution is 2.38. The number of rotatable bonds is 5. The molecule has 9 nitrogen and oxygen atoms in total. The molecule has 1 aromatic heterocycles. The minimum absolute atomic E-state index is 0.162. The van der Waals surface area contributed by atoms with Gasteiger partial charge in [-0.1, -0.05) is 22.9 Å². The van der Waals surface area contributed by atoms with Crippen LogP contribution < -0.4 is 5.32 Å². The first-order valence-corrected chi connectivity index (χ1v) is 11.8. The van der Waals surface area contributed by atoms with Crippen molar-refractivity contribution in [1.29, 1.82) is 0 Å². The summed E-state index contributed by atoms with van der Waals surface area (Å²) in [5.74, 6) is -0.162. The van der Waals surface area contributed by atoms with E-state index in [-0.39, 0.29) is 17.7 Å². The molecular formula is C20H25N5O4S. The zero-order chi connectivity index (χ0) is 20.9. The molecule has 1 amide bonds. The number of sulfonamides is 1. The zero-order valence-corrected chi connectivity index (χ0v) is 17.7. The van der Waals surface area contributed by atoms with Gasteiger partial charge < -0.3 is 10.1 Å². The number of fused-ring (bicyclic) bond motifs is 1. The van der Waals surface area contributed by atoms with Gasteiger partial charge in [-0.2, -0.15) is 4.31 Å². The van der Waals surface area contributed by atoms with Gasteiger partial charge in [0.25, 0.3) is 5.91 Å². The smallest absolute Gasteiger partial charge is 0.251 e. The van der Waals surface area contributed by atoms with Gasteiger partial charge in [-0.05, 0) is 38.3 Å². The third-order valence-corrected chi connectivity index (χ3v) is 8.50. The van der Waals surface area contributed by atoms with Gasteiger partial charge in [0.15, 0.2) is 0 Å². The molecule has 2 aliphatic heterocycles. The summed E-state index contributed by atoms with van der Waals surface area (Å²) >= 11 is 0. The van der Waals surface area contributed by atoms with E-state index in [2.05, 4.69) is 15.6 Å². The topological polar surface area (TPSA) is 106 Å². The van der Waals surface area contributed by atoms with Crippen molar-refractivity contribution in [2.75, 3.05) is 13.1 Å². The number of amides is 1. The van der Waals surface area contributed by atoms with Gasteiger partial charge in [0.05, 0.1) is 30.6 Å². The number of aryl methyl sites for hydroxylation is 1. The van der Waals surface area contributed by atoms with E-state index in [1.165, 1.54) is 0 Å². The molecule has 30 heavy (non-hydrogen) atoms. The lowest BCUT2D eigenvalue weighted by molar-refractivity contribution is -0.0813. The Labute approximate surface area is 175 Å². The maximum Gasteiger partial charge on any atom is 0.251 e. The van der Waals surface area contributed by atoms with Crippen molar-refractivity contribution in [3.05, 3.63) is 46.8 Å². The third kappa shape index (κ3) is 3.52. The summed E-state index contributed by atoms with van der Waals surface area (Å²) < 4.78 is 34.6. The van der Waals surface area contributed by atoms with Crippen LogP contribution in [0.1, 0.15) is 46.6 Å². The molecule has 10 heteroatoms. The molecule has 1 atom stereocenters. The van der Waals surface area contributed by atoms with Crippen molar-refractivity contribution in [2.45, 2.75) is 56.7 Å². The maximum atomic E-state index is 12.6. The molecule has 160 valence electrons. The Hall–Kier alpha value is -2.30. The Morgan fingerprint density at radius 3 is 2.93 bits per heavy atom. The molecule has 5 rings (SSSR count). The molecule has 3 aliphatic rings. The van der Waals surface area contributed by atoms with Gasteiger partial charge in [-0.25, -0.2) is 13.1 Å². The van der Waals surface area contributed by atoms with Gasteiger partial charge >= 0.3 is 0 Å². The van der Waals surface area contributed by atoms with Gasteiger partial charge in [0.2, 0.25) is 10.0 Å². The molecule has 3 heterocycles. The SMILES string of the molecule is Cc1cccc(C(=O)NCc2nnn3c2COC2(CCN(S(=O)(=O)C4CC4)C2)C3)c1. The summed E-state index contributed by atoms with van der Waals surface area (Å²) in [7, 11) is -3.20. The standard InChI is InChI=1S/C20H25N5O4S/c1-14-3-2-4-15(9-14)19(26)21-10-17-18-11-29-20(13-25(18)23-22-17)7-8-24(12-20)30(27,28)16-5-6-16/h2-4,9,16H,5-8,10-13H2,1H3,(H,21,26). The molecule has 1 unspecified atom stereocenters. The average molecular weight is 432 g/mol. The minimum atomic E-state index is -3.20. The highest BCUT2D eigenvalue weighted by atomic mass is 32.2. The maximum absolute atomic E-state index is 12.6. The molecule has 1 aromatic carbocycles. The summed E-state index contributed by atoms with van der Waals surface area (Å²) in [6.45, 7) is 3.84. The van der Waals surface area contributed by atoms with Crippen LogP contribution in [0, 0.1) is 6.92 Å². The van der Waals surface area contributed by atoms with Gasteiger partial charge in [-0.15, -0.1) is 5.10 Å². The largest absolute Gasteiger partial charge is 0.365 e. The lowest BCUT2D eigenvalue weighted by Gasteiger charge is -2.34. The summed E-state index contributed by atoms with van der Waals surface area (Å²) in [4.78, 5) is 12.4. The number of benzene rings is 1. The van der Waals surface area contributed by atoms with Crippen molar-refractivity contribution in [3.63, 3.8) is 0 Å². The van der Waals surface area contributed by atoms with Crippen molar-refractivity contribution >= 4 is 15.9 Å². The summed E-state index contributed by atoms with van der Waals surface area (Å²) in [6.07, 6.45) is 2.17. The number of aromatic nitrogens is 3. The summed E-state index contributed by atoms with van der Waals surface area (Å²) in [5, 5.41) is 11.2. The van der Waals surface area contributed by atoms with E-state index in [0.29, 0.717) is 43.9 Å². The number of nitrogens with zero attached hydrogens (tertiary/aromatic N) is 4. The van der Waals surface area contributed by atoms with Crippen LogP contribution >= 0.6 is 0 Å². The van der Waals surface area contributed by atoms with E-state index in [0.717, 1.165) is 24.1 Å². The molecule has 2 fully saturated rings. The van der Waals surface area contributed by atoms with Gasteiger partial charge in [0, 0.05) is 18.7 Å². The molecule has 0 bridgehead atoms. The predicted molar refractivity (Wildman–Crippen MR) is 108 cm³/mol. The lowest BCUT2D eigenvalue weighted by Crippen LogP contribution is -2.45. The second-order valence-corrected chi connectivity index (χ2v) is 10.7. The highest BCUT2D eigenvalue weighted by Gasteiger charge is 2.50. The Morgan fingerprint density at radius 1 is 1.33 bits per heavy atom. The van der Waals surface area contributed by atoms with Crippen LogP contribution in [0.25, 0.3) is 0 Å². The number of hydrogen-bond donors (Lipinski definition) is 1. The second-order valence-electron chi connectivity index (χ2n) is 8.49. The minimum Gasteiger partial charge on any atom is -0.365 e. The second kappa shape index (κ2) is 7.14. The van der Waals surface area contributed by atoms with Crippen molar-refractivity contribution in [1.82, 2.24) is 24.6 Å². The third-order valence-electron chi connectivity index (χ3n) is 6.15. The monoisotopic (exact) mass is 431 g/mol. The normalized spacial score (nSPS) is 24.2. The lowest BCUT2D eigenvalue weighted by atomic mass is 10.0. The van der Waals surface area contributed by atoms with E-state index < -0.39 is 15.6 Å². The molecule has 0 radical (unpaired) electrons. The number of carbonyl (C=O) groups excluding carboxylic acids is 1. The van der Waals surface area contributed by atoms with Crippen LogP contribution in [0.15, 0.2) is 24.3 Å². The zero-order valence-electron chi connectivity index (χ0n) is 16.9. The molecule has 1 aliphatic carbocycles. The Kier molecular flexibility index (Phi) is 4.68. The first-order chi connectivity index (χ1) is 14.4. The van der Waals surface area contributed by atoms with Crippen LogP contribution in [0.2, 0.25) is 0 Å². The fraction of sp³-hybridized carbons (Fsp3) is 0.550. The molecular weight excluding hydrogens is 406 g/mol. The highest BCUT2D eigenvalue weighted by molar-refractivity contribution is 7.90. The molecule has 1 saturated heterocycles. The summed E-state index contributed by atoms with van der Waals surface area (Å²) in [5.41, 5.74) is 2.58. The van der Waals surface area contributed by atoms with E-state index in [9.17, 15) is 13.2 Å². The number of nitrogens with one attached hydrogen (secondary N) is 1. The fourth-order valence-corrected chi connectivity index (χ4v) is 6.15. The van der Waals surface area contributed by atoms with Crippen LogP contribution in [0.3, 0.4) is 0 Å². The van der Waals surface area contributed by atoms with E-state index in [4.69, 9.17) is 4.74 Å². The summed E-state index contributed by atoms with van der Waals surface area (Å²) in [6, 6.07) is 7.41. The Bertz CT molecular complexity index is 1090. The Morgan fingerprint density at radius 2 is 2.17 bits per heavy atom. The van der Waals surface area contributed by atoms with Crippen LogP contribution in [0.5, 0.6) is 0 Å². The van der Waals surface area contributed by atoms with Crippen LogP contribution in [-0.2, 0) is 34.5 Å². The quantitative estimate of drug-likeness (QED) is 0.757. The van der Waals surface area contributed by atoms with Gasteiger partial charge in [0.1, 0.15) is 11.3 Å². The first kappa shape index (κ1) is 19.7. The fourth-order valence-electron chi connectivity index (χ4n) is 4.23. The average Bonchev–Trinajstić information content (AvgIpc) is 3.41. The van der Waals surface area contributed by atoms with E-state index >= 15 is 0 Å². The van der Waals surface area contributed by atoms with E-state index in [1.807, 2.05) is 25.1 Å². The van der Waals surface area contributed by atoms with E-state index in [1.54, 1.807) is 15.1 Å². The van der Waals surface area contributed by atoms with Crippen molar-refractivity contribution in [2.24, 2.45) is 0 Å². The molecule has 1 saturated carbocycles. The molecule has 2 aromatic rings. The number of ether oxygens (including phenoxy) is 1. The number of hydrogen-bond acceptors (Lipinski definition) is 6. The number of carbonyl (C=O) groups is 1. The first-order valence-electron chi connectivity index (χ1n) is 10.3. The molecule has 1 spiro atoms. The Balaban J connectivity index is 1.24. The van der Waals surface area contributed by atoms with Gasteiger partial charge in [-0.3, -0.25) is 4.79 Å².